The van der Waals surface area contributed by atoms with Gasteiger partial charge in [0.05, 0.1) is 19.8 Å². The Hall–Kier alpha value is -1.75. The minimum Gasteiger partial charge on any atom is -0.497 e. The van der Waals surface area contributed by atoms with Crippen LogP contribution in [0, 0.1) is 0 Å². The van der Waals surface area contributed by atoms with Crippen molar-refractivity contribution in [1.29, 1.82) is 0 Å². The van der Waals surface area contributed by atoms with E-state index in [-0.39, 0.29) is 12.6 Å². The summed E-state index contributed by atoms with van der Waals surface area (Å²) in [6.07, 6.45) is 0.227. The summed E-state index contributed by atoms with van der Waals surface area (Å²) >= 11 is 0. The molecule has 1 N–H and O–H groups in total. The lowest BCUT2D eigenvalue weighted by Crippen LogP contribution is -2.48. The Morgan fingerprint density at radius 3 is 2.67 bits per heavy atom. The summed E-state index contributed by atoms with van der Waals surface area (Å²) in [5.41, 5.74) is 1.62. The van der Waals surface area contributed by atoms with E-state index in [2.05, 4.69) is 0 Å². The molecule has 1 aromatic carbocycles. The molecule has 1 amide bonds. The Morgan fingerprint density at radius 1 is 1.38 bits per heavy atom. The molecule has 0 spiro atoms. The van der Waals surface area contributed by atoms with Crippen LogP contribution in [0.4, 0.5) is 4.79 Å². The molecule has 0 bridgehead atoms. The van der Waals surface area contributed by atoms with Gasteiger partial charge in [-0.05, 0) is 50.5 Å². The zero-order valence-electron chi connectivity index (χ0n) is 13.0. The third-order valence-corrected chi connectivity index (χ3v) is 3.49. The van der Waals surface area contributed by atoms with Crippen LogP contribution in [0.5, 0.6) is 5.75 Å². The fraction of sp³-hybridized carbons (Fsp3) is 0.562. The SMILES string of the molecule is COc1ccc2c(c1)CN(C(=O)OC(C)(C)C)C(CO)C2. The van der Waals surface area contributed by atoms with Crippen molar-refractivity contribution >= 4 is 6.09 Å². The molecule has 0 saturated heterocycles. The molecule has 5 nitrogen and oxygen atoms in total. The van der Waals surface area contributed by atoms with Crippen molar-refractivity contribution in [2.45, 2.75) is 45.4 Å². The molecule has 21 heavy (non-hydrogen) atoms. The van der Waals surface area contributed by atoms with Crippen molar-refractivity contribution < 1.29 is 19.4 Å². The van der Waals surface area contributed by atoms with Gasteiger partial charge in [-0.25, -0.2) is 4.79 Å². The van der Waals surface area contributed by atoms with Gasteiger partial charge in [-0.2, -0.15) is 0 Å². The number of aliphatic hydroxyl groups excluding tert-OH is 1. The maximum atomic E-state index is 12.3. The summed E-state index contributed by atoms with van der Waals surface area (Å²) in [6.45, 7) is 5.84. The van der Waals surface area contributed by atoms with Crippen molar-refractivity contribution in [3.05, 3.63) is 29.3 Å². The highest BCUT2D eigenvalue weighted by molar-refractivity contribution is 5.69. The van der Waals surface area contributed by atoms with Crippen molar-refractivity contribution in [2.75, 3.05) is 13.7 Å². The number of carbonyl (C=O) groups excluding carboxylic acids is 1. The molecule has 1 atom stereocenters. The Kier molecular flexibility index (Phi) is 4.42. The van der Waals surface area contributed by atoms with E-state index in [1.54, 1.807) is 12.0 Å². The van der Waals surface area contributed by atoms with Crippen LogP contribution in [0.15, 0.2) is 18.2 Å². The van der Waals surface area contributed by atoms with E-state index in [0.717, 1.165) is 16.9 Å². The van der Waals surface area contributed by atoms with E-state index < -0.39 is 11.7 Å². The minimum absolute atomic E-state index is 0.0787. The number of aliphatic hydroxyl groups is 1. The monoisotopic (exact) mass is 293 g/mol. The van der Waals surface area contributed by atoms with Crippen LogP contribution >= 0.6 is 0 Å². The first-order valence-corrected chi connectivity index (χ1v) is 7.10. The molecule has 0 fully saturated rings. The minimum atomic E-state index is -0.550. The standard InChI is InChI=1S/C16H23NO4/c1-16(2,3)21-15(19)17-9-12-8-14(20-4)6-5-11(12)7-13(17)10-18/h5-6,8,13,18H,7,9-10H2,1-4H3. The van der Waals surface area contributed by atoms with Gasteiger partial charge in [0, 0.05) is 6.54 Å². The van der Waals surface area contributed by atoms with Crippen LogP contribution in [0.2, 0.25) is 0 Å². The molecule has 1 heterocycles. The van der Waals surface area contributed by atoms with Crippen LogP contribution < -0.4 is 4.74 Å². The summed E-state index contributed by atoms with van der Waals surface area (Å²) in [7, 11) is 1.62. The van der Waals surface area contributed by atoms with Gasteiger partial charge in [0.1, 0.15) is 11.4 Å². The summed E-state index contributed by atoms with van der Waals surface area (Å²) in [4.78, 5) is 13.9. The Balaban J connectivity index is 2.24. The summed E-state index contributed by atoms with van der Waals surface area (Å²) in [5.74, 6) is 0.764. The van der Waals surface area contributed by atoms with Gasteiger partial charge in [0.25, 0.3) is 0 Å². The summed E-state index contributed by atoms with van der Waals surface area (Å²) in [5, 5.41) is 9.56. The van der Waals surface area contributed by atoms with Crippen molar-refractivity contribution in [2.24, 2.45) is 0 Å². The molecular formula is C16H23NO4. The molecule has 1 aromatic rings. The number of carbonyl (C=O) groups is 1. The van der Waals surface area contributed by atoms with E-state index in [0.29, 0.717) is 13.0 Å². The van der Waals surface area contributed by atoms with Gasteiger partial charge in [0.15, 0.2) is 0 Å². The predicted molar refractivity (Wildman–Crippen MR) is 79.3 cm³/mol. The molecule has 0 aliphatic carbocycles. The van der Waals surface area contributed by atoms with Crippen LogP contribution in [0.3, 0.4) is 0 Å². The van der Waals surface area contributed by atoms with Crippen molar-refractivity contribution in [3.63, 3.8) is 0 Å². The van der Waals surface area contributed by atoms with Gasteiger partial charge in [-0.3, -0.25) is 4.90 Å². The average molecular weight is 293 g/mol. The zero-order chi connectivity index (χ0) is 15.6. The first-order chi connectivity index (χ1) is 9.84. The van der Waals surface area contributed by atoms with Gasteiger partial charge in [0.2, 0.25) is 0 Å². The predicted octanol–water partition coefficient (Wildman–Crippen LogP) is 2.35. The van der Waals surface area contributed by atoms with E-state index in [9.17, 15) is 9.90 Å². The second kappa shape index (κ2) is 5.93. The lowest BCUT2D eigenvalue weighted by atomic mass is 9.94. The van der Waals surface area contributed by atoms with E-state index in [1.807, 2.05) is 39.0 Å². The summed E-state index contributed by atoms with van der Waals surface area (Å²) < 4.78 is 10.7. The zero-order valence-corrected chi connectivity index (χ0v) is 13.0. The Morgan fingerprint density at radius 2 is 2.10 bits per heavy atom. The van der Waals surface area contributed by atoms with Crippen LogP contribution in [-0.4, -0.2) is 41.5 Å². The second-order valence-electron chi connectivity index (χ2n) is 6.28. The molecule has 116 valence electrons. The molecule has 1 aliphatic heterocycles. The van der Waals surface area contributed by atoms with Crippen molar-refractivity contribution in [1.82, 2.24) is 4.90 Å². The molecule has 0 radical (unpaired) electrons. The van der Waals surface area contributed by atoms with Gasteiger partial charge >= 0.3 is 6.09 Å². The summed E-state index contributed by atoms with van der Waals surface area (Å²) in [6, 6.07) is 5.57. The number of fused-ring (bicyclic) bond motifs is 1. The highest BCUT2D eigenvalue weighted by Gasteiger charge is 2.32. The molecule has 2 rings (SSSR count). The van der Waals surface area contributed by atoms with Crippen LogP contribution in [-0.2, 0) is 17.7 Å². The molecule has 1 unspecified atom stereocenters. The molecule has 0 saturated carbocycles. The van der Waals surface area contributed by atoms with Gasteiger partial charge < -0.3 is 14.6 Å². The largest absolute Gasteiger partial charge is 0.497 e. The maximum absolute atomic E-state index is 12.3. The molecule has 5 heteroatoms. The Labute approximate surface area is 125 Å². The quantitative estimate of drug-likeness (QED) is 0.909. The van der Waals surface area contributed by atoms with Crippen LogP contribution in [0.1, 0.15) is 31.9 Å². The van der Waals surface area contributed by atoms with Crippen LogP contribution in [0.25, 0.3) is 0 Å². The third kappa shape index (κ3) is 3.67. The highest BCUT2D eigenvalue weighted by Crippen LogP contribution is 2.28. The fourth-order valence-electron chi connectivity index (χ4n) is 2.45. The first kappa shape index (κ1) is 15.6. The maximum Gasteiger partial charge on any atom is 0.410 e. The number of methoxy groups -OCH3 is 1. The molecule has 1 aliphatic rings. The van der Waals surface area contributed by atoms with Gasteiger partial charge in [-0.15, -0.1) is 0 Å². The number of amides is 1. The number of hydrogen-bond donors (Lipinski definition) is 1. The number of rotatable bonds is 2. The van der Waals surface area contributed by atoms with E-state index in [4.69, 9.17) is 9.47 Å². The van der Waals surface area contributed by atoms with E-state index >= 15 is 0 Å². The Bertz CT molecular complexity index is 521. The normalized spacial score (nSPS) is 18.1. The van der Waals surface area contributed by atoms with Gasteiger partial charge in [-0.1, -0.05) is 6.07 Å². The first-order valence-electron chi connectivity index (χ1n) is 7.10. The fourth-order valence-corrected chi connectivity index (χ4v) is 2.45. The second-order valence-corrected chi connectivity index (χ2v) is 6.28. The topological polar surface area (TPSA) is 59.0 Å². The molecular weight excluding hydrogens is 270 g/mol. The number of nitrogens with zero attached hydrogens (tertiary/aromatic N) is 1. The highest BCUT2D eigenvalue weighted by atomic mass is 16.6. The smallest absolute Gasteiger partial charge is 0.410 e. The average Bonchev–Trinajstić information content (AvgIpc) is 2.43. The lowest BCUT2D eigenvalue weighted by Gasteiger charge is -2.37. The molecule has 0 aromatic heterocycles. The van der Waals surface area contributed by atoms with E-state index in [1.165, 1.54) is 0 Å². The lowest BCUT2D eigenvalue weighted by molar-refractivity contribution is 0.00459. The van der Waals surface area contributed by atoms with Crippen molar-refractivity contribution in [3.8, 4) is 5.75 Å². The number of ether oxygens (including phenoxy) is 2. The third-order valence-electron chi connectivity index (χ3n) is 3.49. The number of hydrogen-bond acceptors (Lipinski definition) is 4. The number of benzene rings is 1.